The third-order valence-electron chi connectivity index (χ3n) is 2.80. The molecule has 0 amide bonds. The van der Waals surface area contributed by atoms with Gasteiger partial charge in [-0.15, -0.1) is 0 Å². The standard InChI is InChI=1S/C15H17N3O2/c1-2-20-15(19)12-3-4-14(13(16)9-12)18-10-11-5-7-17-8-6-11/h3-9,18H,2,10,16H2,1H3. The Balaban J connectivity index is 2.04. The van der Waals surface area contributed by atoms with Crippen molar-refractivity contribution in [2.75, 3.05) is 17.7 Å². The zero-order chi connectivity index (χ0) is 14.4. The van der Waals surface area contributed by atoms with Crippen LogP contribution in [0.1, 0.15) is 22.8 Å². The molecule has 3 N–H and O–H groups in total. The van der Waals surface area contributed by atoms with Crippen molar-refractivity contribution in [3.05, 3.63) is 53.9 Å². The van der Waals surface area contributed by atoms with Crippen LogP contribution in [-0.4, -0.2) is 17.6 Å². The smallest absolute Gasteiger partial charge is 0.338 e. The van der Waals surface area contributed by atoms with E-state index in [0.29, 0.717) is 24.4 Å². The van der Waals surface area contributed by atoms with Gasteiger partial charge < -0.3 is 15.8 Å². The van der Waals surface area contributed by atoms with Crippen LogP contribution in [0.5, 0.6) is 0 Å². The van der Waals surface area contributed by atoms with E-state index in [4.69, 9.17) is 10.5 Å². The van der Waals surface area contributed by atoms with E-state index >= 15 is 0 Å². The molecule has 5 nitrogen and oxygen atoms in total. The van der Waals surface area contributed by atoms with Crippen LogP contribution < -0.4 is 11.1 Å². The summed E-state index contributed by atoms with van der Waals surface area (Å²) in [7, 11) is 0. The van der Waals surface area contributed by atoms with E-state index in [9.17, 15) is 4.79 Å². The molecule has 0 saturated heterocycles. The van der Waals surface area contributed by atoms with E-state index in [2.05, 4.69) is 10.3 Å². The van der Waals surface area contributed by atoms with Gasteiger partial charge in [-0.2, -0.15) is 0 Å². The molecule has 20 heavy (non-hydrogen) atoms. The fraction of sp³-hybridized carbons (Fsp3) is 0.200. The van der Waals surface area contributed by atoms with Crippen LogP contribution in [0.2, 0.25) is 0 Å². The molecule has 0 atom stereocenters. The van der Waals surface area contributed by atoms with Crippen LogP contribution in [0, 0.1) is 0 Å². The molecule has 2 rings (SSSR count). The molecule has 0 bridgehead atoms. The lowest BCUT2D eigenvalue weighted by Gasteiger charge is -2.10. The van der Waals surface area contributed by atoms with Gasteiger partial charge in [0.1, 0.15) is 0 Å². The summed E-state index contributed by atoms with van der Waals surface area (Å²) in [4.78, 5) is 15.5. The van der Waals surface area contributed by atoms with Crippen LogP contribution in [0.3, 0.4) is 0 Å². The Morgan fingerprint density at radius 3 is 2.70 bits per heavy atom. The topological polar surface area (TPSA) is 77.2 Å². The minimum absolute atomic E-state index is 0.348. The Kier molecular flexibility index (Phi) is 4.55. The summed E-state index contributed by atoms with van der Waals surface area (Å²) in [6, 6.07) is 8.95. The maximum atomic E-state index is 11.6. The van der Waals surface area contributed by atoms with Gasteiger partial charge in [0, 0.05) is 18.9 Å². The summed E-state index contributed by atoms with van der Waals surface area (Å²) >= 11 is 0. The van der Waals surface area contributed by atoms with Gasteiger partial charge in [-0.25, -0.2) is 4.79 Å². The number of ether oxygens (including phenoxy) is 1. The number of nitrogens with one attached hydrogen (secondary N) is 1. The molecule has 0 radical (unpaired) electrons. The van der Waals surface area contributed by atoms with Gasteiger partial charge >= 0.3 is 5.97 Å². The van der Waals surface area contributed by atoms with Crippen LogP contribution >= 0.6 is 0 Å². The molecule has 1 heterocycles. The SMILES string of the molecule is CCOC(=O)c1ccc(NCc2ccncc2)c(N)c1. The van der Waals surface area contributed by atoms with Gasteiger partial charge in [-0.3, -0.25) is 4.98 Å². The van der Waals surface area contributed by atoms with Crippen molar-refractivity contribution < 1.29 is 9.53 Å². The van der Waals surface area contributed by atoms with Crippen LogP contribution in [0.25, 0.3) is 0 Å². The van der Waals surface area contributed by atoms with E-state index in [1.165, 1.54) is 0 Å². The van der Waals surface area contributed by atoms with Crippen LogP contribution in [0.4, 0.5) is 11.4 Å². The van der Waals surface area contributed by atoms with Crippen LogP contribution in [0.15, 0.2) is 42.7 Å². The van der Waals surface area contributed by atoms with Gasteiger partial charge in [-0.1, -0.05) is 0 Å². The number of hydrogen-bond acceptors (Lipinski definition) is 5. The average Bonchev–Trinajstić information content (AvgIpc) is 2.47. The quantitative estimate of drug-likeness (QED) is 0.645. The summed E-state index contributed by atoms with van der Waals surface area (Å²) in [5, 5.41) is 3.22. The fourth-order valence-corrected chi connectivity index (χ4v) is 1.76. The molecule has 0 saturated carbocycles. The highest BCUT2D eigenvalue weighted by atomic mass is 16.5. The van der Waals surface area contributed by atoms with Gasteiger partial charge in [-0.05, 0) is 42.8 Å². The normalized spacial score (nSPS) is 10.1. The third-order valence-corrected chi connectivity index (χ3v) is 2.80. The summed E-state index contributed by atoms with van der Waals surface area (Å²) < 4.78 is 4.93. The highest BCUT2D eigenvalue weighted by molar-refractivity contribution is 5.91. The molecular formula is C15H17N3O2. The summed E-state index contributed by atoms with van der Waals surface area (Å²) in [5.74, 6) is -0.361. The molecule has 0 aliphatic rings. The van der Waals surface area contributed by atoms with Crippen molar-refractivity contribution in [3.63, 3.8) is 0 Å². The molecule has 104 valence electrons. The molecule has 1 aromatic carbocycles. The lowest BCUT2D eigenvalue weighted by Crippen LogP contribution is -2.07. The van der Waals surface area contributed by atoms with Gasteiger partial charge in [0.25, 0.3) is 0 Å². The van der Waals surface area contributed by atoms with Crippen LogP contribution in [-0.2, 0) is 11.3 Å². The molecule has 5 heteroatoms. The number of nitrogens with two attached hydrogens (primary N) is 1. The highest BCUT2D eigenvalue weighted by Gasteiger charge is 2.08. The van der Waals surface area contributed by atoms with Crippen molar-refractivity contribution in [3.8, 4) is 0 Å². The minimum Gasteiger partial charge on any atom is -0.462 e. The Morgan fingerprint density at radius 1 is 1.30 bits per heavy atom. The number of anilines is 2. The number of benzene rings is 1. The Labute approximate surface area is 117 Å². The second kappa shape index (κ2) is 6.56. The zero-order valence-electron chi connectivity index (χ0n) is 11.3. The summed E-state index contributed by atoms with van der Waals surface area (Å²) in [5.41, 5.74) is 8.80. The summed E-state index contributed by atoms with van der Waals surface area (Å²) in [6.45, 7) is 2.76. The first-order valence-corrected chi connectivity index (χ1v) is 6.40. The first kappa shape index (κ1) is 13.9. The van der Waals surface area contributed by atoms with Gasteiger partial charge in [0.05, 0.1) is 23.5 Å². The maximum Gasteiger partial charge on any atom is 0.338 e. The number of nitrogen functional groups attached to an aromatic ring is 1. The van der Waals surface area contributed by atoms with Crippen molar-refractivity contribution in [2.24, 2.45) is 0 Å². The Bertz CT molecular complexity index is 585. The number of carbonyl (C=O) groups excluding carboxylic acids is 1. The van der Waals surface area contributed by atoms with E-state index in [0.717, 1.165) is 11.3 Å². The number of rotatable bonds is 5. The van der Waals surface area contributed by atoms with Crippen molar-refractivity contribution >= 4 is 17.3 Å². The number of hydrogen-bond donors (Lipinski definition) is 2. The molecule has 2 aromatic rings. The van der Waals surface area contributed by atoms with Gasteiger partial charge in [0.15, 0.2) is 0 Å². The molecule has 0 unspecified atom stereocenters. The number of nitrogens with zero attached hydrogens (tertiary/aromatic N) is 1. The third kappa shape index (κ3) is 3.47. The first-order valence-electron chi connectivity index (χ1n) is 6.40. The Hall–Kier alpha value is -2.56. The highest BCUT2D eigenvalue weighted by Crippen LogP contribution is 2.21. The zero-order valence-corrected chi connectivity index (χ0v) is 11.3. The number of pyridine rings is 1. The molecule has 1 aromatic heterocycles. The van der Waals surface area contributed by atoms with Crippen molar-refractivity contribution in [1.82, 2.24) is 4.98 Å². The van der Waals surface area contributed by atoms with Crippen molar-refractivity contribution in [1.29, 1.82) is 0 Å². The summed E-state index contributed by atoms with van der Waals surface area (Å²) in [6.07, 6.45) is 3.48. The molecule has 0 aliphatic heterocycles. The fourth-order valence-electron chi connectivity index (χ4n) is 1.76. The second-order valence-corrected chi connectivity index (χ2v) is 4.23. The number of esters is 1. The number of carbonyl (C=O) groups is 1. The number of aromatic nitrogens is 1. The molecule has 0 fully saturated rings. The lowest BCUT2D eigenvalue weighted by atomic mass is 10.1. The van der Waals surface area contributed by atoms with E-state index in [1.807, 2.05) is 12.1 Å². The predicted octanol–water partition coefficient (Wildman–Crippen LogP) is 2.45. The molecular weight excluding hydrogens is 254 g/mol. The predicted molar refractivity (Wildman–Crippen MR) is 78.4 cm³/mol. The average molecular weight is 271 g/mol. The monoisotopic (exact) mass is 271 g/mol. The van der Waals surface area contributed by atoms with E-state index < -0.39 is 0 Å². The largest absolute Gasteiger partial charge is 0.462 e. The minimum atomic E-state index is -0.361. The lowest BCUT2D eigenvalue weighted by molar-refractivity contribution is 0.0526. The molecule has 0 spiro atoms. The molecule has 0 aliphatic carbocycles. The van der Waals surface area contributed by atoms with E-state index in [-0.39, 0.29) is 5.97 Å². The first-order chi connectivity index (χ1) is 9.70. The second-order valence-electron chi connectivity index (χ2n) is 4.23. The van der Waals surface area contributed by atoms with Gasteiger partial charge in [0.2, 0.25) is 0 Å². The van der Waals surface area contributed by atoms with E-state index in [1.54, 1.807) is 37.5 Å². The Morgan fingerprint density at radius 2 is 2.05 bits per heavy atom. The van der Waals surface area contributed by atoms with Crippen molar-refractivity contribution in [2.45, 2.75) is 13.5 Å². The maximum absolute atomic E-state index is 11.6.